The number of furan rings is 1. The number of fused-ring (bicyclic) bond motifs is 6. The predicted octanol–water partition coefficient (Wildman–Crippen LogP) is 10.1. The molecule has 7 aromatic rings. The molecule has 0 aliphatic carbocycles. The summed E-state index contributed by atoms with van der Waals surface area (Å²) < 4.78 is 22.8. The smallest absolute Gasteiger partial charge is 0.149 e. The van der Waals surface area contributed by atoms with Gasteiger partial charge >= 0.3 is 0 Å². The molecule has 0 fully saturated rings. The van der Waals surface area contributed by atoms with Gasteiger partial charge in [0.05, 0.1) is 22.3 Å². The molecule has 7 rings (SSSR count). The van der Waals surface area contributed by atoms with Crippen molar-refractivity contribution in [1.82, 2.24) is 9.55 Å². The first-order valence-electron chi connectivity index (χ1n) is 13.6. The van der Waals surface area contributed by atoms with E-state index in [1.165, 1.54) is 34.3 Å². The summed E-state index contributed by atoms with van der Waals surface area (Å²) in [6, 6.07) is 30.2. The topological polar surface area (TPSA) is 31.0 Å². The monoisotopic (exact) mass is 512 g/mol. The summed E-state index contributed by atoms with van der Waals surface area (Å²) in [6.45, 7) is 8.98. The fraction of sp³-hybridized carbons (Fsp3) is 0.171. The van der Waals surface area contributed by atoms with Gasteiger partial charge in [0.25, 0.3) is 0 Å². The first-order valence-corrected chi connectivity index (χ1v) is 13.6. The Kier molecular flexibility index (Phi) is 5.34. The maximum Gasteiger partial charge on any atom is 0.149 e. The Hall–Kier alpha value is -4.44. The number of nitrogens with zero attached hydrogens (tertiary/aromatic N) is 2. The van der Waals surface area contributed by atoms with Crippen LogP contribution in [0.2, 0.25) is 0 Å². The van der Waals surface area contributed by atoms with Gasteiger partial charge in [-0.2, -0.15) is 0 Å². The molecule has 0 unspecified atom stereocenters. The van der Waals surface area contributed by atoms with Gasteiger partial charge in [0.15, 0.2) is 0 Å². The van der Waals surface area contributed by atoms with E-state index in [0.29, 0.717) is 23.0 Å². The number of imidazole rings is 1. The zero-order valence-corrected chi connectivity index (χ0v) is 22.5. The third kappa shape index (κ3) is 3.59. The SMILES string of the molecule is CC(C)c1cccc(C(C)C)c1-n1c(-c2cccc3c2oc2cc(F)ccc23)nc2ccc3ccccc3c21. The number of hydrogen-bond acceptors (Lipinski definition) is 2. The quantitative estimate of drug-likeness (QED) is 0.235. The minimum absolute atomic E-state index is 0.309. The van der Waals surface area contributed by atoms with Crippen LogP contribution in [0.4, 0.5) is 4.39 Å². The van der Waals surface area contributed by atoms with Gasteiger partial charge in [-0.25, -0.2) is 9.37 Å². The minimum Gasteiger partial charge on any atom is -0.455 e. The van der Waals surface area contributed by atoms with Crippen LogP contribution in [-0.2, 0) is 0 Å². The van der Waals surface area contributed by atoms with Crippen molar-refractivity contribution in [2.45, 2.75) is 39.5 Å². The Labute approximate surface area is 226 Å². The van der Waals surface area contributed by atoms with Crippen LogP contribution in [0.15, 0.2) is 95.4 Å². The lowest BCUT2D eigenvalue weighted by molar-refractivity contribution is 0.618. The number of halogens is 1. The molecule has 2 aromatic heterocycles. The molecule has 0 aliphatic rings. The van der Waals surface area contributed by atoms with Gasteiger partial charge < -0.3 is 4.42 Å². The molecule has 3 nitrogen and oxygen atoms in total. The van der Waals surface area contributed by atoms with Crippen molar-refractivity contribution in [3.8, 4) is 17.1 Å². The first-order chi connectivity index (χ1) is 18.9. The highest BCUT2D eigenvalue weighted by molar-refractivity contribution is 6.11. The van der Waals surface area contributed by atoms with Crippen LogP contribution in [0.25, 0.3) is 60.8 Å². The van der Waals surface area contributed by atoms with Crippen molar-refractivity contribution >= 4 is 43.7 Å². The Balaban J connectivity index is 1.69. The number of aromatic nitrogens is 2. The number of hydrogen-bond donors (Lipinski definition) is 0. The molecular weight excluding hydrogens is 483 g/mol. The lowest BCUT2D eigenvalue weighted by Crippen LogP contribution is -2.08. The third-order valence-corrected chi connectivity index (χ3v) is 7.81. The van der Waals surface area contributed by atoms with Crippen LogP contribution in [-0.4, -0.2) is 9.55 Å². The highest BCUT2D eigenvalue weighted by atomic mass is 19.1. The molecule has 2 heterocycles. The predicted molar refractivity (Wildman–Crippen MR) is 159 cm³/mol. The lowest BCUT2D eigenvalue weighted by atomic mass is 9.92. The van der Waals surface area contributed by atoms with Gasteiger partial charge in [0.2, 0.25) is 0 Å². The fourth-order valence-electron chi connectivity index (χ4n) is 5.96. The van der Waals surface area contributed by atoms with Crippen LogP contribution in [0.3, 0.4) is 0 Å². The molecule has 5 aromatic carbocycles. The van der Waals surface area contributed by atoms with Gasteiger partial charge in [-0.3, -0.25) is 4.57 Å². The normalized spacial score (nSPS) is 12.2. The van der Waals surface area contributed by atoms with Crippen molar-refractivity contribution in [2.24, 2.45) is 0 Å². The highest BCUT2D eigenvalue weighted by Crippen LogP contribution is 2.42. The zero-order valence-electron chi connectivity index (χ0n) is 22.5. The zero-order chi connectivity index (χ0) is 26.8. The molecule has 0 saturated heterocycles. The molecule has 0 radical (unpaired) electrons. The van der Waals surface area contributed by atoms with Gasteiger partial charge in [-0.05, 0) is 52.6 Å². The minimum atomic E-state index is -0.311. The molecule has 39 heavy (non-hydrogen) atoms. The maximum absolute atomic E-state index is 14.1. The molecule has 0 N–H and O–H groups in total. The summed E-state index contributed by atoms with van der Waals surface area (Å²) in [4.78, 5) is 5.28. The van der Waals surface area contributed by atoms with Crippen LogP contribution >= 0.6 is 0 Å². The summed E-state index contributed by atoms with van der Waals surface area (Å²) in [5, 5.41) is 4.17. The van der Waals surface area contributed by atoms with Gasteiger partial charge in [0, 0.05) is 22.2 Å². The molecule has 0 atom stereocenters. The summed E-state index contributed by atoms with van der Waals surface area (Å²) in [6.07, 6.45) is 0. The average Bonchev–Trinajstić information content (AvgIpc) is 3.50. The number of benzene rings is 5. The summed E-state index contributed by atoms with van der Waals surface area (Å²) >= 11 is 0. The standard InChI is InChI=1S/C35H29FN2O/c1-20(2)24-11-7-12-25(21(3)4)32(24)38-33-26-10-6-5-9-22(26)15-18-30(33)37-35(38)29-14-8-13-28-27-17-16-23(36)19-31(27)39-34(28)29/h5-21H,1-4H3. The van der Waals surface area contributed by atoms with E-state index in [2.05, 4.69) is 92.9 Å². The van der Waals surface area contributed by atoms with Crippen molar-refractivity contribution in [3.05, 3.63) is 108 Å². The van der Waals surface area contributed by atoms with Crippen LogP contribution in [0.1, 0.15) is 50.7 Å². The Morgan fingerprint density at radius 2 is 1.44 bits per heavy atom. The maximum atomic E-state index is 14.1. The van der Waals surface area contributed by atoms with E-state index in [1.54, 1.807) is 6.07 Å². The Bertz CT molecular complexity index is 2020. The highest BCUT2D eigenvalue weighted by Gasteiger charge is 2.25. The summed E-state index contributed by atoms with van der Waals surface area (Å²) in [7, 11) is 0. The third-order valence-electron chi connectivity index (χ3n) is 7.81. The molecular formula is C35H29FN2O. The van der Waals surface area contributed by atoms with Crippen molar-refractivity contribution in [3.63, 3.8) is 0 Å². The fourth-order valence-corrected chi connectivity index (χ4v) is 5.96. The Morgan fingerprint density at radius 3 is 2.21 bits per heavy atom. The van der Waals surface area contributed by atoms with Gasteiger partial charge in [-0.15, -0.1) is 0 Å². The summed E-state index contributed by atoms with van der Waals surface area (Å²) in [5.41, 5.74) is 7.87. The average molecular weight is 513 g/mol. The van der Waals surface area contributed by atoms with E-state index in [4.69, 9.17) is 9.40 Å². The van der Waals surface area contributed by atoms with Gasteiger partial charge in [-0.1, -0.05) is 88.4 Å². The molecule has 0 saturated carbocycles. The van der Waals surface area contributed by atoms with Crippen LogP contribution < -0.4 is 0 Å². The molecule has 0 spiro atoms. The molecule has 192 valence electrons. The lowest BCUT2D eigenvalue weighted by Gasteiger charge is -2.23. The van der Waals surface area contributed by atoms with E-state index in [1.807, 2.05) is 12.1 Å². The molecule has 0 aliphatic heterocycles. The Morgan fingerprint density at radius 1 is 0.718 bits per heavy atom. The van der Waals surface area contributed by atoms with Crippen molar-refractivity contribution in [1.29, 1.82) is 0 Å². The van der Waals surface area contributed by atoms with E-state index < -0.39 is 0 Å². The van der Waals surface area contributed by atoms with Crippen molar-refractivity contribution < 1.29 is 8.81 Å². The first kappa shape index (κ1) is 23.7. The summed E-state index contributed by atoms with van der Waals surface area (Å²) in [5.74, 6) is 1.13. The van der Waals surface area contributed by atoms with Crippen molar-refractivity contribution in [2.75, 3.05) is 0 Å². The second-order valence-corrected chi connectivity index (χ2v) is 10.9. The number of para-hydroxylation sites is 2. The molecule has 0 bridgehead atoms. The van der Waals surface area contributed by atoms with E-state index in [-0.39, 0.29) is 5.82 Å². The van der Waals surface area contributed by atoms with Crippen LogP contribution in [0, 0.1) is 5.82 Å². The molecule has 4 heteroatoms. The second kappa shape index (κ2) is 8.81. The van der Waals surface area contributed by atoms with E-state index in [9.17, 15) is 4.39 Å². The largest absolute Gasteiger partial charge is 0.455 e. The van der Waals surface area contributed by atoms with Gasteiger partial charge in [0.1, 0.15) is 22.8 Å². The van der Waals surface area contributed by atoms with E-state index >= 15 is 0 Å². The number of rotatable bonds is 4. The van der Waals surface area contributed by atoms with Crippen LogP contribution in [0.5, 0.6) is 0 Å². The molecule has 0 amide bonds. The van der Waals surface area contributed by atoms with E-state index in [0.717, 1.165) is 38.6 Å². The second-order valence-electron chi connectivity index (χ2n) is 10.9.